The maximum atomic E-state index is 12.8. The van der Waals surface area contributed by atoms with Gasteiger partial charge in [-0.25, -0.2) is 14.8 Å². The lowest BCUT2D eigenvalue weighted by Gasteiger charge is -2.51. The van der Waals surface area contributed by atoms with E-state index in [4.69, 9.17) is 31.5 Å². The standard InChI is InChI=1S/C28H37ClN8O3/c1-5-21-16-36(25-18(3)32-23(14-31-25)26-33-34-28(30)40-26)17(2)15-37(21)22-10-12-35(13-11-22)24(27(38)39-4)19-6-8-20(29)9-7-19/h6-9,14,17,21-22,24H,5,10-13,15-16H2,1-4H3,(H2,30,34)/t17-,21+,24+/m1/s1. The predicted molar refractivity (Wildman–Crippen MR) is 153 cm³/mol. The fourth-order valence-corrected chi connectivity index (χ4v) is 6.22. The van der Waals surface area contributed by atoms with Gasteiger partial charge in [0, 0.05) is 49.3 Å². The van der Waals surface area contributed by atoms with E-state index < -0.39 is 6.04 Å². The zero-order chi connectivity index (χ0) is 28.4. The number of carbonyl (C=O) groups excluding carboxylic acids is 1. The molecule has 0 unspecified atom stereocenters. The minimum absolute atomic E-state index is 0.00527. The van der Waals surface area contributed by atoms with Crippen LogP contribution in [-0.2, 0) is 9.53 Å². The van der Waals surface area contributed by atoms with E-state index in [1.165, 1.54) is 7.11 Å². The van der Waals surface area contributed by atoms with Crippen LogP contribution >= 0.6 is 11.6 Å². The highest BCUT2D eigenvalue weighted by Gasteiger charge is 2.39. The number of benzene rings is 1. The van der Waals surface area contributed by atoms with E-state index in [9.17, 15) is 4.79 Å². The fourth-order valence-electron chi connectivity index (χ4n) is 6.10. The Bertz CT molecular complexity index is 1310. The Morgan fingerprint density at radius 1 is 1.20 bits per heavy atom. The molecule has 12 heteroatoms. The van der Waals surface area contributed by atoms with Gasteiger partial charge in [-0.15, -0.1) is 5.10 Å². The van der Waals surface area contributed by atoms with Crippen molar-refractivity contribution < 1.29 is 13.9 Å². The highest BCUT2D eigenvalue weighted by atomic mass is 35.5. The topological polar surface area (TPSA) is 127 Å². The average molecular weight is 569 g/mol. The van der Waals surface area contributed by atoms with Crippen LogP contribution in [-0.4, -0.2) is 87.3 Å². The third-order valence-electron chi connectivity index (χ3n) is 8.15. The molecule has 2 fully saturated rings. The number of anilines is 2. The quantitative estimate of drug-likeness (QED) is 0.419. The summed E-state index contributed by atoms with van der Waals surface area (Å²) < 4.78 is 10.5. The molecule has 2 aliphatic heterocycles. The molecule has 0 radical (unpaired) electrons. The number of carbonyl (C=O) groups is 1. The Balaban J connectivity index is 1.26. The molecule has 214 valence electrons. The smallest absolute Gasteiger partial charge is 0.327 e. The first kappa shape index (κ1) is 28.3. The SMILES string of the molecule is CC[C@H]1CN(c2ncc(-c3nnc(N)o3)nc2C)[C@H](C)CN1C1CCN([C@H](C(=O)OC)c2ccc(Cl)cc2)CC1. The predicted octanol–water partition coefficient (Wildman–Crippen LogP) is 3.74. The molecule has 3 aromatic rings. The monoisotopic (exact) mass is 568 g/mol. The number of hydrogen-bond acceptors (Lipinski definition) is 11. The van der Waals surface area contributed by atoms with Crippen LogP contribution in [0.15, 0.2) is 34.9 Å². The second-order valence-electron chi connectivity index (χ2n) is 10.6. The Morgan fingerprint density at radius 2 is 1.93 bits per heavy atom. The summed E-state index contributed by atoms with van der Waals surface area (Å²) in [6, 6.07) is 8.16. The molecule has 0 bridgehead atoms. The number of rotatable bonds is 7. The van der Waals surface area contributed by atoms with Gasteiger partial charge in [-0.3, -0.25) is 9.80 Å². The first-order chi connectivity index (χ1) is 19.3. The van der Waals surface area contributed by atoms with Gasteiger partial charge in [-0.2, -0.15) is 0 Å². The van der Waals surface area contributed by atoms with Crippen LogP contribution in [0.5, 0.6) is 0 Å². The van der Waals surface area contributed by atoms with Crippen molar-refractivity contribution in [1.82, 2.24) is 30.0 Å². The van der Waals surface area contributed by atoms with Crippen molar-refractivity contribution in [2.45, 2.75) is 64.2 Å². The molecule has 1 aromatic carbocycles. The normalized spacial score (nSPS) is 21.9. The van der Waals surface area contributed by atoms with Gasteiger partial charge in [0.2, 0.25) is 0 Å². The molecule has 0 spiro atoms. The van der Waals surface area contributed by atoms with E-state index in [1.807, 2.05) is 31.2 Å². The molecule has 3 atom stereocenters. The second-order valence-corrected chi connectivity index (χ2v) is 11.1. The zero-order valence-corrected chi connectivity index (χ0v) is 24.2. The molecule has 0 amide bonds. The van der Waals surface area contributed by atoms with E-state index in [2.05, 4.69) is 43.7 Å². The summed E-state index contributed by atoms with van der Waals surface area (Å²) in [6.07, 6.45) is 4.69. The van der Waals surface area contributed by atoms with Crippen LogP contribution in [0.3, 0.4) is 0 Å². The number of likely N-dealkylation sites (tertiary alicyclic amines) is 1. The lowest BCUT2D eigenvalue weighted by atomic mass is 9.94. The van der Waals surface area contributed by atoms with Gasteiger partial charge in [-0.1, -0.05) is 35.8 Å². The number of piperidine rings is 1. The van der Waals surface area contributed by atoms with Gasteiger partial charge in [0.25, 0.3) is 5.89 Å². The molecule has 2 saturated heterocycles. The molecule has 5 rings (SSSR count). The van der Waals surface area contributed by atoms with Crippen LogP contribution < -0.4 is 10.6 Å². The van der Waals surface area contributed by atoms with E-state index >= 15 is 0 Å². The largest absolute Gasteiger partial charge is 0.468 e. The van der Waals surface area contributed by atoms with E-state index in [0.717, 1.165) is 62.5 Å². The van der Waals surface area contributed by atoms with Crippen LogP contribution in [0.2, 0.25) is 5.02 Å². The number of aromatic nitrogens is 4. The number of methoxy groups -OCH3 is 1. The number of esters is 1. The van der Waals surface area contributed by atoms with Gasteiger partial charge < -0.3 is 19.8 Å². The van der Waals surface area contributed by atoms with E-state index in [-0.39, 0.29) is 23.9 Å². The summed E-state index contributed by atoms with van der Waals surface area (Å²) in [5, 5.41) is 8.29. The van der Waals surface area contributed by atoms with Gasteiger partial charge in [0.1, 0.15) is 17.6 Å². The third-order valence-corrected chi connectivity index (χ3v) is 8.40. The van der Waals surface area contributed by atoms with Crippen molar-refractivity contribution in [3.63, 3.8) is 0 Å². The first-order valence-electron chi connectivity index (χ1n) is 13.8. The minimum Gasteiger partial charge on any atom is -0.468 e. The van der Waals surface area contributed by atoms with Crippen LogP contribution in [0.25, 0.3) is 11.6 Å². The number of piperazine rings is 1. The number of nitrogens with two attached hydrogens (primary N) is 1. The van der Waals surface area contributed by atoms with Crippen molar-refractivity contribution in [3.8, 4) is 11.6 Å². The Labute approximate surface area is 239 Å². The van der Waals surface area contributed by atoms with Crippen molar-refractivity contribution in [2.75, 3.05) is 43.9 Å². The fraction of sp³-hybridized carbons (Fsp3) is 0.536. The van der Waals surface area contributed by atoms with Gasteiger partial charge in [-0.05, 0) is 50.8 Å². The van der Waals surface area contributed by atoms with Crippen LogP contribution in [0, 0.1) is 6.92 Å². The molecule has 4 heterocycles. The summed E-state index contributed by atoms with van der Waals surface area (Å²) in [4.78, 5) is 29.5. The molecule has 11 nitrogen and oxygen atoms in total. The zero-order valence-electron chi connectivity index (χ0n) is 23.5. The van der Waals surface area contributed by atoms with Crippen LogP contribution in [0.4, 0.5) is 11.8 Å². The number of nitrogens with zero attached hydrogens (tertiary/aromatic N) is 7. The Kier molecular flexibility index (Phi) is 8.53. The number of aryl methyl sites for hydroxylation is 1. The van der Waals surface area contributed by atoms with Crippen molar-refractivity contribution in [2.24, 2.45) is 0 Å². The van der Waals surface area contributed by atoms with Crippen LogP contribution in [0.1, 0.15) is 50.4 Å². The third kappa shape index (κ3) is 5.77. The maximum Gasteiger partial charge on any atom is 0.327 e. The lowest BCUT2D eigenvalue weighted by Crippen LogP contribution is -2.62. The number of nitrogen functional groups attached to an aromatic ring is 1. The molecule has 2 N–H and O–H groups in total. The molecule has 0 aliphatic carbocycles. The summed E-state index contributed by atoms with van der Waals surface area (Å²) >= 11 is 6.09. The first-order valence-corrected chi connectivity index (χ1v) is 14.2. The molecular formula is C28H37ClN8O3. The van der Waals surface area contributed by atoms with Crippen molar-refractivity contribution in [3.05, 3.63) is 46.7 Å². The summed E-state index contributed by atoms with van der Waals surface area (Å²) in [5.41, 5.74) is 7.81. The van der Waals surface area contributed by atoms with E-state index in [1.54, 1.807) is 6.20 Å². The molecule has 2 aromatic heterocycles. The lowest BCUT2D eigenvalue weighted by molar-refractivity contribution is -0.148. The summed E-state index contributed by atoms with van der Waals surface area (Å²) in [7, 11) is 1.45. The number of ether oxygens (including phenoxy) is 1. The minimum atomic E-state index is -0.422. The number of halogens is 1. The molecule has 0 saturated carbocycles. The van der Waals surface area contributed by atoms with E-state index in [0.29, 0.717) is 22.8 Å². The summed E-state index contributed by atoms with van der Waals surface area (Å²) in [5.74, 6) is 0.904. The van der Waals surface area contributed by atoms with Gasteiger partial charge >= 0.3 is 12.0 Å². The molecule has 2 aliphatic rings. The second kappa shape index (κ2) is 12.1. The molecular weight excluding hydrogens is 532 g/mol. The summed E-state index contributed by atoms with van der Waals surface area (Å²) in [6.45, 7) is 9.90. The van der Waals surface area contributed by atoms with Crippen molar-refractivity contribution in [1.29, 1.82) is 0 Å². The van der Waals surface area contributed by atoms with Gasteiger partial charge in [0.15, 0.2) is 0 Å². The van der Waals surface area contributed by atoms with Gasteiger partial charge in [0.05, 0.1) is 19.0 Å². The highest BCUT2D eigenvalue weighted by Crippen LogP contribution is 2.33. The number of hydrogen-bond donors (Lipinski definition) is 1. The maximum absolute atomic E-state index is 12.8. The average Bonchev–Trinajstić information content (AvgIpc) is 3.40. The highest BCUT2D eigenvalue weighted by molar-refractivity contribution is 6.30. The molecule has 40 heavy (non-hydrogen) atoms. The van der Waals surface area contributed by atoms with Crippen molar-refractivity contribution >= 4 is 29.4 Å². The Morgan fingerprint density at radius 3 is 2.52 bits per heavy atom. The Hall–Kier alpha value is -3.28.